The maximum atomic E-state index is 12.8. The zero-order chi connectivity index (χ0) is 23.4. The molecule has 0 saturated carbocycles. The predicted octanol–water partition coefficient (Wildman–Crippen LogP) is 5.79. The van der Waals surface area contributed by atoms with Crippen LogP contribution in [0.3, 0.4) is 0 Å². The van der Waals surface area contributed by atoms with E-state index in [1.807, 2.05) is 0 Å². The van der Waals surface area contributed by atoms with Crippen molar-refractivity contribution in [3.8, 4) is 0 Å². The molecule has 0 rings (SSSR count). The second-order valence-electron chi connectivity index (χ2n) is 4.42. The minimum absolute atomic E-state index is 1.12. The van der Waals surface area contributed by atoms with Crippen molar-refractivity contribution in [3.05, 3.63) is 0 Å². The average Bonchev–Trinajstić information content (AvgIpc) is 2.31. The Kier molecular flexibility index (Phi) is 6.27. The molecule has 0 fully saturated rings. The van der Waals surface area contributed by atoms with E-state index in [1.54, 1.807) is 0 Å². The summed E-state index contributed by atoms with van der Waals surface area (Å²) < 4.78 is 223. The number of rotatable bonds is 7. The van der Waals surface area contributed by atoms with E-state index >= 15 is 0 Å². The highest BCUT2D eigenvalue weighted by Crippen LogP contribution is 2.59. The molecule has 0 saturated heterocycles. The Hall–Kier alpha value is -1.34. The lowest BCUT2D eigenvalue weighted by Gasteiger charge is -2.38. The number of hydrogen-bond donors (Lipinski definition) is 0. The Morgan fingerprint density at radius 1 is 0.321 bits per heavy atom. The molecule has 0 bridgehead atoms. The summed E-state index contributed by atoms with van der Waals surface area (Å²) in [5, 5.41) is 0. The van der Waals surface area contributed by atoms with Gasteiger partial charge in [0.2, 0.25) is 0 Å². The number of hydrogen-bond acceptors (Lipinski definition) is 2. The first kappa shape index (κ1) is 26.7. The molecule has 20 heteroatoms. The molecule has 0 N–H and O–H groups in total. The van der Waals surface area contributed by atoms with Gasteiger partial charge >= 0.3 is 48.6 Å². The van der Waals surface area contributed by atoms with Gasteiger partial charge in [0.05, 0.1) is 0 Å². The molecule has 0 aromatic heterocycles. The molecule has 170 valence electrons. The van der Waals surface area contributed by atoms with E-state index in [1.165, 1.54) is 4.74 Å². The Morgan fingerprint density at radius 3 is 0.929 bits per heavy atom. The second-order valence-corrected chi connectivity index (χ2v) is 4.42. The average molecular weight is 470 g/mol. The lowest BCUT2D eigenvalue weighted by atomic mass is 10.0. The van der Waals surface area contributed by atoms with Gasteiger partial charge in [-0.25, -0.2) is 9.47 Å². The fourth-order valence-corrected chi connectivity index (χ4v) is 1.05. The molecule has 0 radical (unpaired) electrons. The van der Waals surface area contributed by atoms with Crippen molar-refractivity contribution in [1.29, 1.82) is 0 Å². The Bertz CT molecular complexity index is 555. The number of halogens is 18. The van der Waals surface area contributed by atoms with E-state index in [0.29, 0.717) is 0 Å². The monoisotopic (exact) mass is 470 g/mol. The van der Waals surface area contributed by atoms with Gasteiger partial charge in [0, 0.05) is 0 Å². The minimum Gasteiger partial charge on any atom is -0.243 e. The molecule has 0 aromatic carbocycles. The molecule has 0 aliphatic rings. The summed E-state index contributed by atoms with van der Waals surface area (Å²) >= 11 is 0. The van der Waals surface area contributed by atoms with E-state index in [4.69, 9.17) is 0 Å². The Labute approximate surface area is 139 Å². The fraction of sp³-hybridized carbons (Fsp3) is 1.00. The third-order valence-electron chi connectivity index (χ3n) is 2.35. The highest BCUT2D eigenvalue weighted by molar-refractivity contribution is 5.04. The SMILES string of the molecule is FC(F)(F)OC(F)(F)C(F)(F)OC(F)(F)C(F)(F)C(F)(F)C(F)(F)C(F)(F)F. The van der Waals surface area contributed by atoms with E-state index in [-0.39, 0.29) is 0 Å². The first-order chi connectivity index (χ1) is 11.7. The van der Waals surface area contributed by atoms with Crippen molar-refractivity contribution in [2.45, 2.75) is 48.6 Å². The van der Waals surface area contributed by atoms with Gasteiger partial charge in [0.1, 0.15) is 0 Å². The van der Waals surface area contributed by atoms with Gasteiger partial charge in [-0.3, -0.25) is 0 Å². The van der Waals surface area contributed by atoms with Crippen molar-refractivity contribution in [2.24, 2.45) is 0 Å². The summed E-state index contributed by atoms with van der Waals surface area (Å²) in [6.45, 7) is 0. The van der Waals surface area contributed by atoms with Crippen molar-refractivity contribution in [3.63, 3.8) is 0 Å². The molecule has 28 heavy (non-hydrogen) atoms. The molecule has 0 aromatic rings. The summed E-state index contributed by atoms with van der Waals surface area (Å²) in [5.74, 6) is -24.7. The highest BCUT2D eigenvalue weighted by atomic mass is 19.4. The van der Waals surface area contributed by atoms with Crippen LogP contribution in [0.15, 0.2) is 0 Å². The first-order valence-electron chi connectivity index (χ1n) is 5.47. The van der Waals surface area contributed by atoms with Gasteiger partial charge in [-0.15, -0.1) is 13.2 Å². The summed E-state index contributed by atoms with van der Waals surface area (Å²) in [6.07, 6.45) is -37.5. The third-order valence-corrected chi connectivity index (χ3v) is 2.35. The first-order valence-corrected chi connectivity index (χ1v) is 5.47. The van der Waals surface area contributed by atoms with Crippen molar-refractivity contribution in [2.75, 3.05) is 0 Å². The van der Waals surface area contributed by atoms with E-state index < -0.39 is 48.6 Å². The Morgan fingerprint density at radius 2 is 0.643 bits per heavy atom. The molecule has 0 aliphatic heterocycles. The van der Waals surface area contributed by atoms with Crippen LogP contribution in [0.5, 0.6) is 0 Å². The van der Waals surface area contributed by atoms with Crippen LogP contribution in [0.1, 0.15) is 0 Å². The topological polar surface area (TPSA) is 18.5 Å². The molecular formula is C8F18O2. The molecular weight excluding hydrogens is 470 g/mol. The lowest BCUT2D eigenvalue weighted by molar-refractivity contribution is -0.552. The summed E-state index contributed by atoms with van der Waals surface area (Å²) in [7, 11) is 0. The minimum atomic E-state index is -8.32. The standard InChI is InChI=1S/C8F18O2/c9-1(10,2(11,12)4(15,16)17)3(13,14)5(18,19)27-6(20,21)7(22,23)28-8(24,25)26. The lowest BCUT2D eigenvalue weighted by Crippen LogP contribution is -2.68. The third kappa shape index (κ3) is 4.46. The Balaban J connectivity index is 6.11. The van der Waals surface area contributed by atoms with Crippen molar-refractivity contribution < 1.29 is 88.5 Å². The van der Waals surface area contributed by atoms with Crippen LogP contribution >= 0.6 is 0 Å². The number of ether oxygens (including phenoxy) is 2. The maximum absolute atomic E-state index is 12.8. The van der Waals surface area contributed by atoms with Crippen LogP contribution < -0.4 is 0 Å². The van der Waals surface area contributed by atoms with Gasteiger partial charge < -0.3 is 0 Å². The molecule has 0 amide bonds. The molecule has 0 spiro atoms. The predicted molar refractivity (Wildman–Crippen MR) is 44.0 cm³/mol. The molecule has 0 unspecified atom stereocenters. The smallest absolute Gasteiger partial charge is 0.243 e. The zero-order valence-corrected chi connectivity index (χ0v) is 11.6. The van der Waals surface area contributed by atoms with Crippen LogP contribution in [-0.2, 0) is 9.47 Å². The van der Waals surface area contributed by atoms with Gasteiger partial charge in [-0.1, -0.05) is 0 Å². The van der Waals surface area contributed by atoms with Crippen LogP contribution in [0.4, 0.5) is 79.0 Å². The van der Waals surface area contributed by atoms with Gasteiger partial charge in [-0.05, 0) is 0 Å². The highest BCUT2D eigenvalue weighted by Gasteiger charge is 2.89. The molecule has 2 nitrogen and oxygen atoms in total. The normalized spacial score (nSPS) is 16.5. The van der Waals surface area contributed by atoms with Gasteiger partial charge in [0.15, 0.2) is 0 Å². The van der Waals surface area contributed by atoms with E-state index in [9.17, 15) is 79.0 Å². The summed E-state index contributed by atoms with van der Waals surface area (Å²) in [5.41, 5.74) is 0. The maximum Gasteiger partial charge on any atom is 0.527 e. The quantitative estimate of drug-likeness (QED) is 0.439. The molecule has 0 heterocycles. The van der Waals surface area contributed by atoms with Gasteiger partial charge in [0.25, 0.3) is 0 Å². The largest absolute Gasteiger partial charge is 0.527 e. The van der Waals surface area contributed by atoms with Crippen LogP contribution in [0.25, 0.3) is 0 Å². The molecule has 0 atom stereocenters. The van der Waals surface area contributed by atoms with E-state index in [0.717, 1.165) is 4.74 Å². The van der Waals surface area contributed by atoms with E-state index in [2.05, 4.69) is 0 Å². The van der Waals surface area contributed by atoms with Crippen molar-refractivity contribution in [1.82, 2.24) is 0 Å². The molecule has 0 aliphatic carbocycles. The van der Waals surface area contributed by atoms with Crippen LogP contribution in [0, 0.1) is 0 Å². The van der Waals surface area contributed by atoms with Crippen molar-refractivity contribution >= 4 is 0 Å². The zero-order valence-electron chi connectivity index (χ0n) is 11.6. The fourth-order valence-electron chi connectivity index (χ4n) is 1.05. The summed E-state index contributed by atoms with van der Waals surface area (Å²) in [6, 6.07) is 0. The van der Waals surface area contributed by atoms with Crippen LogP contribution in [0.2, 0.25) is 0 Å². The second kappa shape index (κ2) is 6.59. The van der Waals surface area contributed by atoms with Crippen LogP contribution in [-0.4, -0.2) is 48.6 Å². The summed E-state index contributed by atoms with van der Waals surface area (Å²) in [4.78, 5) is 0. The number of alkyl halides is 18. The van der Waals surface area contributed by atoms with Gasteiger partial charge in [-0.2, -0.15) is 65.9 Å².